The highest BCUT2D eigenvalue weighted by atomic mass is 16.2. The van der Waals surface area contributed by atoms with Crippen molar-refractivity contribution < 1.29 is 19.2 Å². The number of imide groups is 1. The second kappa shape index (κ2) is 13.9. The van der Waals surface area contributed by atoms with Crippen LogP contribution in [0, 0.1) is 0 Å². The highest BCUT2D eigenvalue weighted by molar-refractivity contribution is 6.27. The van der Waals surface area contributed by atoms with E-state index in [1.54, 1.807) is 148 Å². The van der Waals surface area contributed by atoms with Crippen LogP contribution in [0.3, 0.4) is 0 Å². The van der Waals surface area contributed by atoms with E-state index < -0.39 is 36.2 Å². The van der Waals surface area contributed by atoms with Crippen molar-refractivity contribution in [2.75, 3.05) is 39.0 Å². The number of anilines is 5. The quantitative estimate of drug-likeness (QED) is 0.193. The average molecular weight is 639 g/mol. The number of amides is 7. The van der Waals surface area contributed by atoms with Gasteiger partial charge in [0.25, 0.3) is 5.91 Å². The topological polar surface area (TPSA) is 96.5 Å². The Kier molecular flexibility index (Phi) is 9.15. The molecule has 5 aromatic carbocycles. The number of nitrogens with zero attached hydrogens (tertiary/aromatic N) is 5. The van der Waals surface area contributed by atoms with Gasteiger partial charge in [-0.05, 0) is 60.7 Å². The minimum absolute atomic E-state index is 0.349. The first-order chi connectivity index (χ1) is 23.4. The predicted molar refractivity (Wildman–Crippen MR) is 188 cm³/mol. The van der Waals surface area contributed by atoms with Gasteiger partial charge in [-0.15, -0.1) is 0 Å². The van der Waals surface area contributed by atoms with Gasteiger partial charge < -0.3 is 10.2 Å². The standard InChI is InChI=1S/C38H34N6O4/c1-40(2)36(46)41(29-20-10-4-11-21-29)33(34(45)39-28-18-8-3-9-19-28)35-42(30-22-12-5-13-23-30)37(47)44(32-26-16-7-17-27-32)38(48)43(35)31-24-14-6-15-25-31/h3-27,33,35H,1-2H3,(H,39,45). The third kappa shape index (κ3) is 6.19. The number of benzene rings is 5. The van der Waals surface area contributed by atoms with E-state index in [1.165, 1.54) is 19.6 Å². The third-order valence-electron chi connectivity index (χ3n) is 7.90. The van der Waals surface area contributed by atoms with E-state index >= 15 is 0 Å². The van der Waals surface area contributed by atoms with Gasteiger partial charge in [0, 0.05) is 36.8 Å². The molecule has 0 spiro atoms. The van der Waals surface area contributed by atoms with Gasteiger partial charge in [0.15, 0.2) is 6.04 Å². The molecule has 1 N–H and O–H groups in total. The van der Waals surface area contributed by atoms with Crippen molar-refractivity contribution in [3.8, 4) is 0 Å². The van der Waals surface area contributed by atoms with Crippen molar-refractivity contribution in [1.82, 2.24) is 4.90 Å². The van der Waals surface area contributed by atoms with Gasteiger partial charge in [0.2, 0.25) is 0 Å². The maximum atomic E-state index is 14.9. The van der Waals surface area contributed by atoms with E-state index in [2.05, 4.69) is 5.32 Å². The zero-order chi connectivity index (χ0) is 33.6. The van der Waals surface area contributed by atoms with E-state index in [0.29, 0.717) is 28.4 Å². The van der Waals surface area contributed by atoms with Crippen molar-refractivity contribution in [3.05, 3.63) is 152 Å². The summed E-state index contributed by atoms with van der Waals surface area (Å²) in [4.78, 5) is 65.4. The van der Waals surface area contributed by atoms with Gasteiger partial charge in [0.1, 0.15) is 6.17 Å². The molecule has 240 valence electrons. The molecule has 0 aromatic heterocycles. The summed E-state index contributed by atoms with van der Waals surface area (Å²) in [5, 5.41) is 2.96. The maximum absolute atomic E-state index is 14.9. The summed E-state index contributed by atoms with van der Waals surface area (Å²) in [5.74, 6) is -0.610. The lowest BCUT2D eigenvalue weighted by Gasteiger charge is -2.51. The zero-order valence-electron chi connectivity index (χ0n) is 26.5. The Bertz CT molecular complexity index is 1820. The van der Waals surface area contributed by atoms with Crippen molar-refractivity contribution in [1.29, 1.82) is 0 Å². The van der Waals surface area contributed by atoms with Crippen molar-refractivity contribution in [2.45, 2.75) is 12.2 Å². The second-order valence-electron chi connectivity index (χ2n) is 11.2. The Morgan fingerprint density at radius 2 is 0.979 bits per heavy atom. The van der Waals surface area contributed by atoms with Crippen LogP contribution >= 0.6 is 0 Å². The molecular formula is C38H34N6O4. The van der Waals surface area contributed by atoms with Gasteiger partial charge in [-0.2, -0.15) is 0 Å². The number of urea groups is 3. The second-order valence-corrected chi connectivity index (χ2v) is 11.2. The van der Waals surface area contributed by atoms with Gasteiger partial charge in [0.05, 0.1) is 5.69 Å². The van der Waals surface area contributed by atoms with E-state index in [1.807, 2.05) is 18.2 Å². The van der Waals surface area contributed by atoms with Crippen LogP contribution in [-0.2, 0) is 4.79 Å². The lowest BCUT2D eigenvalue weighted by Crippen LogP contribution is -2.75. The van der Waals surface area contributed by atoms with E-state index in [9.17, 15) is 19.2 Å². The van der Waals surface area contributed by atoms with Crippen LogP contribution in [0.1, 0.15) is 0 Å². The molecule has 1 fully saturated rings. The molecule has 1 saturated heterocycles. The number of hydrogen-bond acceptors (Lipinski definition) is 4. The number of para-hydroxylation sites is 5. The van der Waals surface area contributed by atoms with Gasteiger partial charge in [-0.3, -0.25) is 19.5 Å². The van der Waals surface area contributed by atoms with Crippen LogP contribution in [-0.4, -0.2) is 55.2 Å². The Morgan fingerprint density at radius 3 is 1.42 bits per heavy atom. The van der Waals surface area contributed by atoms with E-state index in [4.69, 9.17) is 0 Å². The van der Waals surface area contributed by atoms with Crippen LogP contribution in [0.4, 0.5) is 42.8 Å². The van der Waals surface area contributed by atoms with Crippen LogP contribution in [0.2, 0.25) is 0 Å². The van der Waals surface area contributed by atoms with Crippen LogP contribution < -0.4 is 24.9 Å². The number of rotatable bonds is 8. The highest BCUT2D eigenvalue weighted by Crippen LogP contribution is 2.37. The van der Waals surface area contributed by atoms with Crippen molar-refractivity contribution in [2.24, 2.45) is 0 Å². The van der Waals surface area contributed by atoms with Gasteiger partial charge in [-0.25, -0.2) is 19.3 Å². The molecule has 0 radical (unpaired) electrons. The van der Waals surface area contributed by atoms with Gasteiger partial charge in [-0.1, -0.05) is 91.0 Å². The Labute approximate surface area is 279 Å². The molecular weight excluding hydrogens is 604 g/mol. The largest absolute Gasteiger partial charge is 0.339 e. The molecule has 10 nitrogen and oxygen atoms in total. The van der Waals surface area contributed by atoms with Crippen molar-refractivity contribution >= 4 is 52.4 Å². The molecule has 0 bridgehead atoms. The van der Waals surface area contributed by atoms with E-state index in [0.717, 1.165) is 4.90 Å². The molecule has 5 aromatic rings. The molecule has 1 aliphatic heterocycles. The number of carbonyl (C=O) groups is 4. The monoisotopic (exact) mass is 638 g/mol. The molecule has 1 aliphatic rings. The molecule has 1 atom stereocenters. The summed E-state index contributed by atoms with van der Waals surface area (Å²) in [7, 11) is 3.17. The first-order valence-corrected chi connectivity index (χ1v) is 15.4. The Balaban J connectivity index is 1.65. The average Bonchev–Trinajstić information content (AvgIpc) is 3.12. The fourth-order valence-corrected chi connectivity index (χ4v) is 5.74. The fourth-order valence-electron chi connectivity index (χ4n) is 5.74. The van der Waals surface area contributed by atoms with Crippen molar-refractivity contribution in [3.63, 3.8) is 0 Å². The maximum Gasteiger partial charge on any atom is 0.339 e. The molecule has 0 aliphatic carbocycles. The summed E-state index contributed by atoms with van der Waals surface area (Å²) in [6, 6.07) is 40.5. The summed E-state index contributed by atoms with van der Waals surface area (Å²) in [6.07, 6.45) is -1.36. The normalized spacial score (nSPS) is 14.0. The minimum Gasteiger partial charge on any atom is -0.330 e. The zero-order valence-corrected chi connectivity index (χ0v) is 26.5. The first kappa shape index (κ1) is 31.6. The smallest absolute Gasteiger partial charge is 0.330 e. The van der Waals surface area contributed by atoms with Crippen LogP contribution in [0.5, 0.6) is 0 Å². The highest BCUT2D eigenvalue weighted by Gasteiger charge is 2.54. The predicted octanol–water partition coefficient (Wildman–Crippen LogP) is 7.28. The SMILES string of the molecule is CN(C)C(=O)N(c1ccccc1)C(C(=O)Nc1ccccc1)C1N(c2ccccc2)C(=O)N(c2ccccc2)C(=O)N1c1ccccc1. The fraction of sp³-hybridized carbons (Fsp3) is 0.105. The van der Waals surface area contributed by atoms with E-state index in [-0.39, 0.29) is 0 Å². The molecule has 1 unspecified atom stereocenters. The Morgan fingerprint density at radius 1 is 0.583 bits per heavy atom. The Hall–Kier alpha value is -6.42. The lowest BCUT2D eigenvalue weighted by atomic mass is 10.0. The van der Waals surface area contributed by atoms with Crippen LogP contribution in [0.15, 0.2) is 152 Å². The summed E-state index contributed by atoms with van der Waals surface area (Å²) in [5.41, 5.74) is 2.07. The third-order valence-corrected chi connectivity index (χ3v) is 7.90. The lowest BCUT2D eigenvalue weighted by molar-refractivity contribution is -0.117. The number of carbonyl (C=O) groups excluding carboxylic acids is 4. The molecule has 10 heteroatoms. The summed E-state index contributed by atoms with van der Waals surface area (Å²) < 4.78 is 0. The number of nitrogens with one attached hydrogen (secondary N) is 1. The van der Waals surface area contributed by atoms with Crippen LogP contribution in [0.25, 0.3) is 0 Å². The molecule has 0 saturated carbocycles. The summed E-state index contributed by atoms with van der Waals surface area (Å²) >= 11 is 0. The van der Waals surface area contributed by atoms with Gasteiger partial charge >= 0.3 is 18.1 Å². The number of hydrogen-bond donors (Lipinski definition) is 1. The first-order valence-electron chi connectivity index (χ1n) is 15.4. The molecule has 48 heavy (non-hydrogen) atoms. The minimum atomic E-state index is -1.46. The molecule has 1 heterocycles. The summed E-state index contributed by atoms with van der Waals surface area (Å²) in [6.45, 7) is 0. The molecule has 7 amide bonds. The molecule has 6 rings (SSSR count).